The molecule has 0 radical (unpaired) electrons. The topological polar surface area (TPSA) is 34.0 Å². The van der Waals surface area contributed by atoms with E-state index in [9.17, 15) is 0 Å². The number of rotatable bonds is 5. The van der Waals surface area contributed by atoms with Crippen molar-refractivity contribution < 1.29 is 0 Å². The molecule has 0 saturated heterocycles. The maximum Gasteiger partial charge on any atom is 0.191 e. The Kier molecular flexibility index (Phi) is 4.90. The van der Waals surface area contributed by atoms with Gasteiger partial charge in [0.25, 0.3) is 0 Å². The first-order valence-electron chi connectivity index (χ1n) is 7.90. The van der Waals surface area contributed by atoms with E-state index in [0.717, 1.165) is 28.0 Å². The van der Waals surface area contributed by atoms with Crippen molar-refractivity contribution in [2.75, 3.05) is 19.0 Å². The van der Waals surface area contributed by atoms with E-state index in [2.05, 4.69) is 75.1 Å². The zero-order chi connectivity index (χ0) is 17.1. The minimum Gasteiger partial charge on any atom is -0.378 e. The molecule has 0 bridgehead atoms. The van der Waals surface area contributed by atoms with Crippen molar-refractivity contribution in [2.45, 2.75) is 17.8 Å². The first kappa shape index (κ1) is 16.6. The van der Waals surface area contributed by atoms with Gasteiger partial charge in [-0.15, -0.1) is 10.2 Å². The normalized spacial score (nSPS) is 10.8. The van der Waals surface area contributed by atoms with Crippen molar-refractivity contribution in [3.63, 3.8) is 0 Å². The summed E-state index contributed by atoms with van der Waals surface area (Å²) in [5.74, 6) is 1.79. The Balaban J connectivity index is 1.80. The van der Waals surface area contributed by atoms with Crippen LogP contribution in [-0.2, 0) is 12.8 Å². The van der Waals surface area contributed by atoms with Crippen LogP contribution in [0.1, 0.15) is 11.1 Å². The highest BCUT2D eigenvalue weighted by Gasteiger charge is 2.12. The molecule has 0 fully saturated rings. The van der Waals surface area contributed by atoms with Crippen LogP contribution in [0, 0.1) is 6.92 Å². The van der Waals surface area contributed by atoms with Crippen LogP contribution in [0.2, 0.25) is 0 Å². The van der Waals surface area contributed by atoms with Crippen LogP contribution in [0.15, 0.2) is 53.7 Å². The number of anilines is 1. The number of hydrogen-bond acceptors (Lipinski definition) is 4. The summed E-state index contributed by atoms with van der Waals surface area (Å²) in [7, 11) is 6.11. The van der Waals surface area contributed by atoms with Gasteiger partial charge in [0.05, 0.1) is 0 Å². The summed E-state index contributed by atoms with van der Waals surface area (Å²) in [6.45, 7) is 2.12. The van der Waals surface area contributed by atoms with Crippen molar-refractivity contribution in [3.05, 3.63) is 59.7 Å². The molecular formula is C19H22N4S. The minimum atomic E-state index is 0.894. The third-order valence-electron chi connectivity index (χ3n) is 3.91. The molecule has 0 aliphatic heterocycles. The summed E-state index contributed by atoms with van der Waals surface area (Å²) in [6.07, 6.45) is 0. The number of nitrogens with zero attached hydrogens (tertiary/aromatic N) is 4. The molecule has 0 atom stereocenters. The van der Waals surface area contributed by atoms with E-state index in [-0.39, 0.29) is 0 Å². The summed E-state index contributed by atoms with van der Waals surface area (Å²) >= 11 is 1.71. The summed E-state index contributed by atoms with van der Waals surface area (Å²) in [4.78, 5) is 2.09. The number of hydrogen-bond donors (Lipinski definition) is 0. The summed E-state index contributed by atoms with van der Waals surface area (Å²) < 4.78 is 2.06. The Labute approximate surface area is 147 Å². The van der Waals surface area contributed by atoms with Crippen molar-refractivity contribution in [2.24, 2.45) is 7.05 Å². The average Bonchev–Trinajstić information content (AvgIpc) is 2.94. The molecule has 0 N–H and O–H groups in total. The molecule has 3 aromatic rings. The molecule has 5 heteroatoms. The van der Waals surface area contributed by atoms with Crippen molar-refractivity contribution >= 4 is 17.4 Å². The fourth-order valence-electron chi connectivity index (χ4n) is 2.56. The van der Waals surface area contributed by atoms with Crippen molar-refractivity contribution in [1.82, 2.24) is 14.8 Å². The van der Waals surface area contributed by atoms with Crippen LogP contribution in [0.5, 0.6) is 0 Å². The lowest BCUT2D eigenvalue weighted by atomic mass is 10.2. The van der Waals surface area contributed by atoms with E-state index < -0.39 is 0 Å². The standard InChI is InChI=1S/C19H22N4S/c1-14-7-5-8-15(11-14)13-24-19-21-20-18(23(19)4)16-9-6-10-17(12-16)22(2)3/h5-12H,13H2,1-4H3. The van der Waals surface area contributed by atoms with Gasteiger partial charge in [-0.25, -0.2) is 0 Å². The molecule has 4 nitrogen and oxygen atoms in total. The van der Waals surface area contributed by atoms with E-state index in [4.69, 9.17) is 0 Å². The second kappa shape index (κ2) is 7.09. The Morgan fingerprint density at radius 1 is 1.04 bits per heavy atom. The van der Waals surface area contributed by atoms with Gasteiger partial charge in [-0.3, -0.25) is 0 Å². The fourth-order valence-corrected chi connectivity index (χ4v) is 3.42. The fraction of sp³-hybridized carbons (Fsp3) is 0.263. The lowest BCUT2D eigenvalue weighted by Gasteiger charge is -2.13. The van der Waals surface area contributed by atoms with Gasteiger partial charge >= 0.3 is 0 Å². The molecule has 0 aliphatic carbocycles. The number of thioether (sulfide) groups is 1. The Morgan fingerprint density at radius 3 is 2.58 bits per heavy atom. The zero-order valence-corrected chi connectivity index (χ0v) is 15.3. The predicted molar refractivity (Wildman–Crippen MR) is 102 cm³/mol. The Hall–Kier alpha value is -2.27. The van der Waals surface area contributed by atoms with Crippen LogP contribution in [0.4, 0.5) is 5.69 Å². The summed E-state index contributed by atoms with van der Waals surface area (Å²) in [5, 5.41) is 9.69. The van der Waals surface area contributed by atoms with Gasteiger partial charge in [0.1, 0.15) is 0 Å². The van der Waals surface area contributed by atoms with Crippen LogP contribution in [-0.4, -0.2) is 28.9 Å². The average molecular weight is 338 g/mol. The number of benzene rings is 2. The molecule has 124 valence electrons. The molecule has 1 heterocycles. The van der Waals surface area contributed by atoms with E-state index in [1.54, 1.807) is 11.8 Å². The number of aromatic nitrogens is 3. The maximum atomic E-state index is 4.39. The van der Waals surface area contributed by atoms with Gasteiger partial charge in [-0.1, -0.05) is 53.7 Å². The van der Waals surface area contributed by atoms with Crippen LogP contribution < -0.4 is 4.90 Å². The van der Waals surface area contributed by atoms with E-state index >= 15 is 0 Å². The Bertz CT molecular complexity index is 839. The molecule has 1 aromatic heterocycles. The third-order valence-corrected chi connectivity index (χ3v) is 5.00. The van der Waals surface area contributed by atoms with E-state index in [1.807, 2.05) is 21.1 Å². The van der Waals surface area contributed by atoms with Crippen molar-refractivity contribution in [3.8, 4) is 11.4 Å². The molecule has 24 heavy (non-hydrogen) atoms. The quantitative estimate of drug-likeness (QED) is 0.655. The van der Waals surface area contributed by atoms with Crippen LogP contribution >= 0.6 is 11.8 Å². The largest absolute Gasteiger partial charge is 0.378 e. The molecule has 0 amide bonds. The minimum absolute atomic E-state index is 0.894. The zero-order valence-electron chi connectivity index (χ0n) is 14.5. The highest BCUT2D eigenvalue weighted by molar-refractivity contribution is 7.98. The predicted octanol–water partition coefficient (Wildman–Crippen LogP) is 4.15. The monoisotopic (exact) mass is 338 g/mol. The second-order valence-electron chi connectivity index (χ2n) is 6.09. The van der Waals surface area contributed by atoms with Crippen molar-refractivity contribution in [1.29, 1.82) is 0 Å². The van der Waals surface area contributed by atoms with Gasteiger partial charge in [0.15, 0.2) is 11.0 Å². The van der Waals surface area contributed by atoms with Gasteiger partial charge < -0.3 is 9.47 Å². The molecular weight excluding hydrogens is 316 g/mol. The van der Waals surface area contributed by atoms with Gasteiger partial charge in [-0.05, 0) is 24.6 Å². The third kappa shape index (κ3) is 3.62. The highest BCUT2D eigenvalue weighted by Crippen LogP contribution is 2.27. The molecule has 0 aliphatic rings. The first-order chi connectivity index (χ1) is 11.5. The molecule has 3 rings (SSSR count). The van der Waals surface area contributed by atoms with Crippen LogP contribution in [0.3, 0.4) is 0 Å². The Morgan fingerprint density at radius 2 is 1.83 bits per heavy atom. The van der Waals surface area contributed by atoms with E-state index in [1.165, 1.54) is 11.1 Å². The molecule has 0 unspecified atom stereocenters. The van der Waals surface area contributed by atoms with Crippen LogP contribution in [0.25, 0.3) is 11.4 Å². The summed E-state index contributed by atoms with van der Waals surface area (Å²) in [6, 6.07) is 16.9. The summed E-state index contributed by atoms with van der Waals surface area (Å²) in [5.41, 5.74) is 4.83. The SMILES string of the molecule is Cc1cccc(CSc2nnc(-c3cccc(N(C)C)c3)n2C)c1. The number of aryl methyl sites for hydroxylation is 1. The van der Waals surface area contributed by atoms with Gasteiger partial charge in [0.2, 0.25) is 0 Å². The van der Waals surface area contributed by atoms with Gasteiger partial charge in [0, 0.05) is 38.1 Å². The highest BCUT2D eigenvalue weighted by atomic mass is 32.2. The lowest BCUT2D eigenvalue weighted by Crippen LogP contribution is -2.08. The molecule has 0 spiro atoms. The lowest BCUT2D eigenvalue weighted by molar-refractivity contribution is 0.794. The smallest absolute Gasteiger partial charge is 0.191 e. The first-order valence-corrected chi connectivity index (χ1v) is 8.88. The maximum absolute atomic E-state index is 4.39. The van der Waals surface area contributed by atoms with E-state index in [0.29, 0.717) is 0 Å². The van der Waals surface area contributed by atoms with Gasteiger partial charge in [-0.2, -0.15) is 0 Å². The molecule has 2 aromatic carbocycles. The molecule has 0 saturated carbocycles. The second-order valence-corrected chi connectivity index (χ2v) is 7.03.